The van der Waals surface area contributed by atoms with E-state index in [1.165, 1.54) is 0 Å². The summed E-state index contributed by atoms with van der Waals surface area (Å²) in [5.41, 5.74) is 0.933. The maximum absolute atomic E-state index is 12.9. The van der Waals surface area contributed by atoms with Crippen molar-refractivity contribution in [2.45, 2.75) is 43.2 Å². The first kappa shape index (κ1) is 14.5. The number of carbonyl (C=O) groups excluding carboxylic acids is 1. The largest absolute Gasteiger partial charge is 0.341 e. The van der Waals surface area contributed by atoms with Crippen LogP contribution >= 0.6 is 0 Å². The van der Waals surface area contributed by atoms with Crippen LogP contribution in [0.3, 0.4) is 0 Å². The summed E-state index contributed by atoms with van der Waals surface area (Å²) in [4.78, 5) is 13.8. The minimum absolute atomic E-state index is 0.0193. The van der Waals surface area contributed by atoms with Gasteiger partial charge in [0, 0.05) is 32.1 Å². The van der Waals surface area contributed by atoms with Gasteiger partial charge in [0.25, 0.3) is 0 Å². The monoisotopic (exact) mass is 308 g/mol. The first-order valence-corrected chi connectivity index (χ1v) is 8.69. The number of benzene rings is 1. The normalized spacial score (nSPS) is 27.0. The van der Waals surface area contributed by atoms with Crippen LogP contribution in [0.25, 0.3) is 0 Å². The Kier molecular flexibility index (Phi) is 3.53. The number of nitrogens with zero attached hydrogens (tertiary/aromatic N) is 2. The van der Waals surface area contributed by atoms with E-state index in [1.54, 1.807) is 34.5 Å². The molecule has 0 aromatic heterocycles. The Morgan fingerprint density at radius 2 is 1.95 bits per heavy atom. The van der Waals surface area contributed by atoms with Crippen LogP contribution in [0.1, 0.15) is 24.8 Å². The Morgan fingerprint density at radius 1 is 1.19 bits per heavy atom. The molecule has 5 nitrogen and oxygen atoms in total. The van der Waals surface area contributed by atoms with Crippen molar-refractivity contribution in [3.05, 3.63) is 29.8 Å². The quantitative estimate of drug-likeness (QED) is 0.829. The van der Waals surface area contributed by atoms with Crippen molar-refractivity contribution in [1.29, 1.82) is 0 Å². The van der Waals surface area contributed by atoms with Gasteiger partial charge in [-0.25, -0.2) is 8.42 Å². The van der Waals surface area contributed by atoms with Crippen molar-refractivity contribution in [2.75, 3.05) is 13.6 Å². The first-order chi connectivity index (χ1) is 9.91. The highest BCUT2D eigenvalue weighted by molar-refractivity contribution is 7.89. The molecule has 2 atom stereocenters. The van der Waals surface area contributed by atoms with Gasteiger partial charge in [-0.2, -0.15) is 4.31 Å². The summed E-state index contributed by atoms with van der Waals surface area (Å²) in [6.45, 7) is 2.38. The van der Waals surface area contributed by atoms with Gasteiger partial charge in [0.15, 0.2) is 0 Å². The Hall–Kier alpha value is -1.40. The zero-order valence-electron chi connectivity index (χ0n) is 12.3. The molecule has 0 aliphatic carbocycles. The van der Waals surface area contributed by atoms with E-state index in [0.717, 1.165) is 12.0 Å². The van der Waals surface area contributed by atoms with E-state index in [4.69, 9.17) is 0 Å². The van der Waals surface area contributed by atoms with Crippen molar-refractivity contribution in [2.24, 2.45) is 0 Å². The van der Waals surface area contributed by atoms with Gasteiger partial charge in [0.05, 0.1) is 4.90 Å². The van der Waals surface area contributed by atoms with Crippen molar-refractivity contribution in [3.63, 3.8) is 0 Å². The zero-order valence-corrected chi connectivity index (χ0v) is 13.1. The van der Waals surface area contributed by atoms with Crippen LogP contribution in [0, 0.1) is 6.92 Å². The second kappa shape index (κ2) is 5.10. The predicted octanol–water partition coefficient (Wildman–Crippen LogP) is 1.38. The van der Waals surface area contributed by atoms with Gasteiger partial charge in [-0.3, -0.25) is 4.79 Å². The van der Waals surface area contributed by atoms with Crippen LogP contribution < -0.4 is 0 Å². The molecule has 2 fully saturated rings. The number of sulfonamides is 1. The van der Waals surface area contributed by atoms with E-state index in [0.29, 0.717) is 24.3 Å². The van der Waals surface area contributed by atoms with Crippen LogP contribution in [-0.2, 0) is 14.8 Å². The Labute approximate surface area is 125 Å². The number of rotatable bonds is 2. The summed E-state index contributed by atoms with van der Waals surface area (Å²) in [6, 6.07) is 6.95. The lowest BCUT2D eigenvalue weighted by molar-refractivity contribution is -0.135. The lowest BCUT2D eigenvalue weighted by Crippen LogP contribution is -2.51. The van der Waals surface area contributed by atoms with E-state index in [-0.39, 0.29) is 18.0 Å². The first-order valence-electron chi connectivity index (χ1n) is 7.25. The van der Waals surface area contributed by atoms with Gasteiger partial charge in [-0.15, -0.1) is 0 Å². The number of piperidine rings is 1. The Bertz CT molecular complexity index is 671. The average Bonchev–Trinajstić information content (AvgIpc) is 2.88. The number of fused-ring (bicyclic) bond motifs is 1. The molecule has 0 unspecified atom stereocenters. The number of likely N-dealkylation sites (N-methyl/N-ethyl adjacent to an activating group) is 1. The highest BCUT2D eigenvalue weighted by Crippen LogP contribution is 2.34. The van der Waals surface area contributed by atoms with Crippen LogP contribution in [0.2, 0.25) is 0 Å². The molecule has 3 rings (SSSR count). The van der Waals surface area contributed by atoms with Gasteiger partial charge in [0.1, 0.15) is 0 Å². The van der Waals surface area contributed by atoms with Crippen LogP contribution in [0.5, 0.6) is 0 Å². The molecule has 0 radical (unpaired) electrons. The molecule has 2 aliphatic heterocycles. The number of hydrogen-bond donors (Lipinski definition) is 0. The summed E-state index contributed by atoms with van der Waals surface area (Å²) in [7, 11) is -1.70. The third-order valence-corrected chi connectivity index (χ3v) is 6.52. The smallest absolute Gasteiger partial charge is 0.243 e. The highest BCUT2D eigenvalue weighted by atomic mass is 32.2. The average molecular weight is 308 g/mol. The third kappa shape index (κ3) is 2.36. The molecule has 2 aliphatic rings. The van der Waals surface area contributed by atoms with Crippen molar-refractivity contribution >= 4 is 15.9 Å². The molecule has 1 aromatic rings. The minimum Gasteiger partial charge on any atom is -0.341 e. The van der Waals surface area contributed by atoms with Crippen LogP contribution in [0.4, 0.5) is 0 Å². The van der Waals surface area contributed by atoms with E-state index in [1.807, 2.05) is 13.0 Å². The molecule has 0 spiro atoms. The maximum atomic E-state index is 12.9. The molecular weight excluding hydrogens is 288 g/mol. The number of amides is 1. The van der Waals surface area contributed by atoms with Gasteiger partial charge in [0.2, 0.25) is 15.9 Å². The Balaban J connectivity index is 1.92. The van der Waals surface area contributed by atoms with E-state index < -0.39 is 10.0 Å². The number of likely N-dealkylation sites (tertiary alicyclic amines) is 1. The fourth-order valence-corrected chi connectivity index (χ4v) is 5.24. The molecule has 114 valence electrons. The van der Waals surface area contributed by atoms with Crippen molar-refractivity contribution in [3.8, 4) is 0 Å². The SMILES string of the molecule is Cc1cccc(S(=O)(=O)N2CC[C@@H]3[C@H]2CCC(=O)N3C)c1. The van der Waals surface area contributed by atoms with Gasteiger partial charge in [-0.05, 0) is 37.5 Å². The van der Waals surface area contributed by atoms with E-state index >= 15 is 0 Å². The minimum atomic E-state index is -3.48. The fraction of sp³-hybridized carbons (Fsp3) is 0.533. The zero-order chi connectivity index (χ0) is 15.2. The van der Waals surface area contributed by atoms with Crippen LogP contribution in [0.15, 0.2) is 29.2 Å². The molecule has 6 heteroatoms. The van der Waals surface area contributed by atoms with Gasteiger partial charge >= 0.3 is 0 Å². The molecule has 2 saturated heterocycles. The number of hydrogen-bond acceptors (Lipinski definition) is 3. The lowest BCUT2D eigenvalue weighted by atomic mass is 9.98. The Morgan fingerprint density at radius 3 is 2.67 bits per heavy atom. The van der Waals surface area contributed by atoms with E-state index in [2.05, 4.69) is 0 Å². The van der Waals surface area contributed by atoms with Gasteiger partial charge in [-0.1, -0.05) is 12.1 Å². The molecule has 0 N–H and O–H groups in total. The molecule has 21 heavy (non-hydrogen) atoms. The van der Waals surface area contributed by atoms with Crippen molar-refractivity contribution < 1.29 is 13.2 Å². The second-order valence-corrected chi connectivity index (χ2v) is 7.79. The van der Waals surface area contributed by atoms with E-state index in [9.17, 15) is 13.2 Å². The molecule has 0 saturated carbocycles. The topological polar surface area (TPSA) is 57.7 Å². The molecule has 0 bridgehead atoms. The second-order valence-electron chi connectivity index (χ2n) is 5.90. The fourth-order valence-electron chi connectivity index (χ4n) is 3.44. The summed E-state index contributed by atoms with van der Waals surface area (Å²) in [5.74, 6) is 0.117. The number of carbonyl (C=O) groups is 1. The summed E-state index contributed by atoms with van der Waals surface area (Å²) in [5, 5.41) is 0. The van der Waals surface area contributed by atoms with Gasteiger partial charge < -0.3 is 4.90 Å². The van der Waals surface area contributed by atoms with Crippen molar-refractivity contribution in [1.82, 2.24) is 9.21 Å². The predicted molar refractivity (Wildman–Crippen MR) is 79.3 cm³/mol. The molecule has 1 amide bonds. The lowest BCUT2D eigenvalue weighted by Gasteiger charge is -2.37. The summed E-state index contributed by atoms with van der Waals surface area (Å²) < 4.78 is 27.3. The van der Waals surface area contributed by atoms with Crippen LogP contribution in [-0.4, -0.2) is 49.2 Å². The summed E-state index contributed by atoms with van der Waals surface area (Å²) >= 11 is 0. The third-order valence-electron chi connectivity index (χ3n) is 4.60. The standard InChI is InChI=1S/C15H20N2O3S/c1-11-4-3-5-12(10-11)21(19,20)17-9-8-13-14(17)6-7-15(18)16(13)2/h3-5,10,13-14H,6-9H2,1-2H3/t13-,14-/m1/s1. The molecular formula is C15H20N2O3S. The maximum Gasteiger partial charge on any atom is 0.243 e. The highest BCUT2D eigenvalue weighted by Gasteiger charge is 2.46. The summed E-state index contributed by atoms with van der Waals surface area (Å²) in [6.07, 6.45) is 1.77. The number of aryl methyl sites for hydroxylation is 1. The molecule has 1 aromatic carbocycles. The molecule has 2 heterocycles.